The fourth-order valence-corrected chi connectivity index (χ4v) is 11.4. The lowest BCUT2D eigenvalue weighted by atomic mass is 9.68. The van der Waals surface area contributed by atoms with Crippen LogP contribution in [0.15, 0.2) is 76.6 Å². The molecule has 44 heavy (non-hydrogen) atoms. The van der Waals surface area contributed by atoms with E-state index in [0.717, 1.165) is 32.7 Å². The minimum absolute atomic E-state index is 0.0164. The molecule has 2 aliphatic carbocycles. The molecule has 2 aliphatic heterocycles. The molecule has 7 nitrogen and oxygen atoms in total. The second kappa shape index (κ2) is 9.91. The number of nitrogens with zero attached hydrogens (tertiary/aromatic N) is 1. The number of anilines is 1. The predicted octanol–water partition coefficient (Wildman–Crippen LogP) is 6.00. The van der Waals surface area contributed by atoms with E-state index in [1.807, 2.05) is 42.5 Å². The van der Waals surface area contributed by atoms with Gasteiger partial charge >= 0.3 is 4.87 Å². The quantitative estimate of drug-likeness (QED) is 0.272. The van der Waals surface area contributed by atoms with Crippen molar-refractivity contribution in [1.82, 2.24) is 9.88 Å². The topological polar surface area (TPSA) is 99.3 Å². The molecule has 3 fully saturated rings. The Bertz CT molecular complexity index is 1900. The number of aromatic amines is 1. The first-order chi connectivity index (χ1) is 21.1. The zero-order chi connectivity index (χ0) is 30.5. The largest absolute Gasteiger partial charge is 0.324 e. The zero-order valence-corrected chi connectivity index (χ0v) is 26.3. The van der Waals surface area contributed by atoms with E-state index in [-0.39, 0.29) is 63.5 Å². The number of thioether (sulfide) groups is 1. The smallest absolute Gasteiger partial charge is 0.305 e. The van der Waals surface area contributed by atoms with Crippen molar-refractivity contribution in [3.63, 3.8) is 0 Å². The minimum atomic E-state index is -0.423. The van der Waals surface area contributed by atoms with Gasteiger partial charge in [-0.3, -0.25) is 24.1 Å². The average Bonchev–Trinajstić information content (AvgIpc) is 3.73. The lowest BCUT2D eigenvalue weighted by Gasteiger charge is -2.43. The SMILES string of the molecule is CC(C)(C)c1ccc([C@H]2c3sc(=O)[nH]c3SC3C4CC(C5C(=O)N(CC(=O)Nc6cccc7ccccc67)C(=O)C45)C32)cc1. The number of nitrogens with one attached hydrogen (secondary N) is 2. The summed E-state index contributed by atoms with van der Waals surface area (Å²) in [4.78, 5) is 58.9. The van der Waals surface area contributed by atoms with Crippen molar-refractivity contribution in [3.05, 3.63) is 92.4 Å². The summed E-state index contributed by atoms with van der Waals surface area (Å²) in [6, 6.07) is 22.2. The van der Waals surface area contributed by atoms with Crippen LogP contribution in [-0.2, 0) is 19.8 Å². The third-order valence-corrected chi connectivity index (χ3v) is 12.9. The molecule has 7 atom stereocenters. The third kappa shape index (κ3) is 4.15. The number of carbonyl (C=O) groups excluding carboxylic acids is 3. The lowest BCUT2D eigenvalue weighted by Crippen LogP contribution is -2.42. The van der Waals surface area contributed by atoms with E-state index >= 15 is 0 Å². The summed E-state index contributed by atoms with van der Waals surface area (Å²) in [5, 5.41) is 5.87. The van der Waals surface area contributed by atoms with E-state index in [2.05, 4.69) is 55.3 Å². The third-order valence-electron chi connectivity index (χ3n) is 10.3. The molecule has 2 N–H and O–H groups in total. The molecule has 2 saturated carbocycles. The number of amides is 3. The second-order valence-electron chi connectivity index (χ2n) is 13.7. The van der Waals surface area contributed by atoms with Crippen LogP contribution in [0.5, 0.6) is 0 Å². The van der Waals surface area contributed by atoms with Crippen LogP contribution in [0.3, 0.4) is 0 Å². The Morgan fingerprint density at radius 3 is 2.39 bits per heavy atom. The molecule has 224 valence electrons. The number of rotatable bonds is 4. The highest BCUT2D eigenvalue weighted by Crippen LogP contribution is 2.68. The molecule has 4 aliphatic rings. The molecule has 2 bridgehead atoms. The molecular weight excluding hydrogens is 591 g/mol. The second-order valence-corrected chi connectivity index (χ2v) is 15.9. The fourth-order valence-electron chi connectivity index (χ4n) is 8.47. The normalized spacial score (nSPS) is 28.7. The Morgan fingerprint density at radius 1 is 0.932 bits per heavy atom. The van der Waals surface area contributed by atoms with Gasteiger partial charge in [0.25, 0.3) is 0 Å². The first kappa shape index (κ1) is 27.8. The van der Waals surface area contributed by atoms with Crippen molar-refractivity contribution < 1.29 is 14.4 Å². The van der Waals surface area contributed by atoms with Crippen LogP contribution >= 0.6 is 23.1 Å². The molecule has 0 radical (unpaired) electrons. The molecule has 1 saturated heterocycles. The molecule has 9 heteroatoms. The lowest BCUT2D eigenvalue weighted by molar-refractivity contribution is -0.143. The molecule has 3 amide bonds. The number of thiazole rings is 1. The number of imide groups is 1. The zero-order valence-electron chi connectivity index (χ0n) is 24.7. The maximum Gasteiger partial charge on any atom is 0.305 e. The molecule has 4 aromatic rings. The molecule has 1 aromatic heterocycles. The molecule has 6 unspecified atom stereocenters. The Kier molecular flexibility index (Phi) is 6.27. The summed E-state index contributed by atoms with van der Waals surface area (Å²) in [7, 11) is 0. The van der Waals surface area contributed by atoms with Gasteiger partial charge in [-0.2, -0.15) is 0 Å². The standard InChI is InChI=1S/C35H33N3O4S2/c1-35(2,3)19-13-11-18(12-14-19)25-26-21-15-22(29(26)43-31-30(25)44-34(42)37-31)28-27(21)32(40)38(33(28)41)16-24(39)36-23-10-6-8-17-7-4-5-9-20(17)23/h4-14,21-22,25-29H,15-16H2,1-3H3,(H,36,39)(H,37,42)/t21?,22?,25-,26?,27?,28?,29?/m1/s1. The highest BCUT2D eigenvalue weighted by Gasteiger charge is 2.69. The van der Waals surface area contributed by atoms with Gasteiger partial charge < -0.3 is 10.3 Å². The Morgan fingerprint density at radius 2 is 1.64 bits per heavy atom. The van der Waals surface area contributed by atoms with Gasteiger partial charge in [0, 0.05) is 27.1 Å². The van der Waals surface area contributed by atoms with E-state index in [4.69, 9.17) is 0 Å². The van der Waals surface area contributed by atoms with Crippen LogP contribution in [0.4, 0.5) is 5.69 Å². The van der Waals surface area contributed by atoms with Crippen molar-refractivity contribution >= 4 is 57.3 Å². The first-order valence-electron chi connectivity index (χ1n) is 15.2. The molecule has 3 aromatic carbocycles. The highest BCUT2D eigenvalue weighted by atomic mass is 32.2. The van der Waals surface area contributed by atoms with Crippen molar-refractivity contribution in [1.29, 1.82) is 0 Å². The monoisotopic (exact) mass is 623 g/mol. The molecule has 3 heterocycles. The van der Waals surface area contributed by atoms with Gasteiger partial charge in [0.15, 0.2) is 0 Å². The number of carbonyl (C=O) groups is 3. The van der Waals surface area contributed by atoms with Gasteiger partial charge in [-0.25, -0.2) is 0 Å². The van der Waals surface area contributed by atoms with Crippen molar-refractivity contribution in [2.45, 2.75) is 48.8 Å². The molecule has 8 rings (SSSR count). The predicted molar refractivity (Wildman–Crippen MR) is 173 cm³/mol. The van der Waals surface area contributed by atoms with Gasteiger partial charge in [0.05, 0.1) is 16.9 Å². The van der Waals surface area contributed by atoms with E-state index in [1.54, 1.807) is 11.8 Å². The number of fused-ring (bicyclic) bond motifs is 10. The summed E-state index contributed by atoms with van der Waals surface area (Å²) < 4.78 is 0. The number of hydrogen-bond acceptors (Lipinski definition) is 6. The number of likely N-dealkylation sites (tertiary alicyclic amines) is 1. The number of hydrogen-bond donors (Lipinski definition) is 2. The number of aromatic nitrogens is 1. The van der Waals surface area contributed by atoms with Gasteiger partial charge in [-0.15, -0.1) is 11.8 Å². The van der Waals surface area contributed by atoms with Gasteiger partial charge in [0.2, 0.25) is 17.7 Å². The van der Waals surface area contributed by atoms with E-state index in [1.165, 1.54) is 21.8 Å². The van der Waals surface area contributed by atoms with E-state index in [0.29, 0.717) is 5.69 Å². The van der Waals surface area contributed by atoms with Crippen molar-refractivity contribution in [3.8, 4) is 0 Å². The molecular formula is C35H33N3O4S2. The highest BCUT2D eigenvalue weighted by molar-refractivity contribution is 8.00. The van der Waals surface area contributed by atoms with Gasteiger partial charge in [-0.1, -0.05) is 92.8 Å². The first-order valence-corrected chi connectivity index (χ1v) is 16.9. The van der Waals surface area contributed by atoms with Crippen LogP contribution < -0.4 is 10.2 Å². The van der Waals surface area contributed by atoms with Crippen LogP contribution in [0.2, 0.25) is 0 Å². The van der Waals surface area contributed by atoms with E-state index in [9.17, 15) is 19.2 Å². The Labute approximate surface area is 263 Å². The Hall–Kier alpha value is -3.69. The van der Waals surface area contributed by atoms with Crippen LogP contribution in [0, 0.1) is 29.6 Å². The summed E-state index contributed by atoms with van der Waals surface area (Å²) in [6.45, 7) is 6.29. The van der Waals surface area contributed by atoms with Crippen molar-refractivity contribution in [2.24, 2.45) is 29.6 Å². The Balaban J connectivity index is 1.09. The summed E-state index contributed by atoms with van der Waals surface area (Å²) in [5.74, 6) is -1.51. The van der Waals surface area contributed by atoms with Crippen LogP contribution in [-0.4, -0.2) is 39.4 Å². The summed E-state index contributed by atoms with van der Waals surface area (Å²) in [5.41, 5.74) is 3.08. The van der Waals surface area contributed by atoms with E-state index < -0.39 is 11.8 Å². The summed E-state index contributed by atoms with van der Waals surface area (Å²) in [6.07, 6.45) is 0.820. The van der Waals surface area contributed by atoms with Crippen LogP contribution in [0.25, 0.3) is 10.8 Å². The number of H-pyrrole nitrogens is 1. The van der Waals surface area contributed by atoms with Gasteiger partial charge in [0.1, 0.15) is 6.54 Å². The van der Waals surface area contributed by atoms with Crippen molar-refractivity contribution in [2.75, 3.05) is 11.9 Å². The maximum absolute atomic E-state index is 14.0. The van der Waals surface area contributed by atoms with Gasteiger partial charge in [-0.05, 0) is 52.2 Å². The average molecular weight is 624 g/mol. The maximum atomic E-state index is 14.0. The minimum Gasteiger partial charge on any atom is -0.324 e. The summed E-state index contributed by atoms with van der Waals surface area (Å²) >= 11 is 2.95. The van der Waals surface area contributed by atoms with Crippen LogP contribution in [0.1, 0.15) is 49.1 Å². The fraction of sp³-hybridized carbons (Fsp3) is 0.371. The molecule has 0 spiro atoms. The number of benzene rings is 3.